The maximum atomic E-state index is 14.4. The van der Waals surface area contributed by atoms with E-state index in [2.05, 4.69) is 25.1 Å². The number of thioether (sulfide) groups is 1. The van der Waals surface area contributed by atoms with Gasteiger partial charge in [-0.1, -0.05) is 17.8 Å². The molecule has 1 spiro atoms. The SMILES string of the molecule is Cn1c(SCCCN2CCC3(CC3c3ccc(C(F)(F)F)cc3F)C2)nnc1-c1ccncn1. The van der Waals surface area contributed by atoms with Crippen molar-refractivity contribution in [3.8, 4) is 11.5 Å². The number of alkyl halides is 3. The second-order valence-electron chi connectivity index (χ2n) is 9.04. The number of hydrogen-bond acceptors (Lipinski definition) is 6. The van der Waals surface area contributed by atoms with E-state index in [1.165, 1.54) is 12.4 Å². The lowest BCUT2D eigenvalue weighted by molar-refractivity contribution is -0.137. The fourth-order valence-corrected chi connectivity index (χ4v) is 5.77. The van der Waals surface area contributed by atoms with E-state index in [0.29, 0.717) is 17.5 Å². The Morgan fingerprint density at radius 1 is 1.21 bits per heavy atom. The molecule has 1 aliphatic heterocycles. The molecule has 2 fully saturated rings. The van der Waals surface area contributed by atoms with Gasteiger partial charge in [-0.15, -0.1) is 10.2 Å². The highest BCUT2D eigenvalue weighted by Gasteiger charge is 2.58. The van der Waals surface area contributed by atoms with Gasteiger partial charge in [-0.25, -0.2) is 14.4 Å². The lowest BCUT2D eigenvalue weighted by atomic mass is 9.97. The molecule has 11 heteroatoms. The zero-order valence-electron chi connectivity index (χ0n) is 18.6. The topological polar surface area (TPSA) is 59.7 Å². The predicted octanol–water partition coefficient (Wildman–Crippen LogP) is 4.79. The van der Waals surface area contributed by atoms with E-state index in [4.69, 9.17) is 0 Å². The van der Waals surface area contributed by atoms with E-state index in [1.807, 2.05) is 11.6 Å². The largest absolute Gasteiger partial charge is 0.416 e. The first-order chi connectivity index (χ1) is 16.3. The molecule has 0 N–H and O–H groups in total. The molecule has 2 atom stereocenters. The molecule has 6 nitrogen and oxygen atoms in total. The van der Waals surface area contributed by atoms with Crippen LogP contribution in [0.2, 0.25) is 0 Å². The third kappa shape index (κ3) is 4.55. The molecule has 180 valence electrons. The monoisotopic (exact) mass is 492 g/mol. The Kier molecular flexibility index (Phi) is 6.09. The summed E-state index contributed by atoms with van der Waals surface area (Å²) in [5, 5.41) is 9.32. The molecule has 2 aliphatic rings. The molecule has 0 bridgehead atoms. The summed E-state index contributed by atoms with van der Waals surface area (Å²) in [4.78, 5) is 10.5. The maximum Gasteiger partial charge on any atom is 0.416 e. The van der Waals surface area contributed by atoms with E-state index in [0.717, 1.165) is 61.6 Å². The van der Waals surface area contributed by atoms with Crippen LogP contribution in [0.1, 0.15) is 36.3 Å². The minimum atomic E-state index is -4.52. The Balaban J connectivity index is 1.11. The van der Waals surface area contributed by atoms with Crippen molar-refractivity contribution in [1.29, 1.82) is 0 Å². The fourth-order valence-electron chi connectivity index (χ4n) is 4.94. The normalized spacial score (nSPS) is 22.6. The van der Waals surface area contributed by atoms with E-state index >= 15 is 0 Å². The Morgan fingerprint density at radius 3 is 2.79 bits per heavy atom. The third-order valence-corrected chi connectivity index (χ3v) is 7.96. The van der Waals surface area contributed by atoms with Crippen LogP contribution in [0.5, 0.6) is 0 Å². The first-order valence-corrected chi connectivity index (χ1v) is 12.1. The zero-order valence-corrected chi connectivity index (χ0v) is 19.4. The van der Waals surface area contributed by atoms with Crippen LogP contribution in [-0.4, -0.2) is 55.0 Å². The maximum absolute atomic E-state index is 14.4. The molecule has 0 amide bonds. The molecule has 1 aromatic carbocycles. The van der Waals surface area contributed by atoms with E-state index < -0.39 is 17.6 Å². The first kappa shape index (κ1) is 23.2. The van der Waals surface area contributed by atoms with Gasteiger partial charge in [0.05, 0.1) is 5.56 Å². The van der Waals surface area contributed by atoms with Crippen molar-refractivity contribution in [3.63, 3.8) is 0 Å². The van der Waals surface area contributed by atoms with Gasteiger partial charge in [0.15, 0.2) is 11.0 Å². The number of nitrogens with zero attached hydrogens (tertiary/aromatic N) is 6. The van der Waals surface area contributed by atoms with Crippen molar-refractivity contribution in [1.82, 2.24) is 29.6 Å². The van der Waals surface area contributed by atoms with Crippen LogP contribution in [0.4, 0.5) is 17.6 Å². The number of likely N-dealkylation sites (tertiary alicyclic amines) is 1. The summed E-state index contributed by atoms with van der Waals surface area (Å²) in [6.07, 6.45) is 1.39. The summed E-state index contributed by atoms with van der Waals surface area (Å²) in [6, 6.07) is 4.75. The number of hydrogen-bond donors (Lipinski definition) is 0. The van der Waals surface area contributed by atoms with Gasteiger partial charge in [0.25, 0.3) is 0 Å². The van der Waals surface area contributed by atoms with Gasteiger partial charge < -0.3 is 9.47 Å². The van der Waals surface area contributed by atoms with Gasteiger partial charge >= 0.3 is 6.18 Å². The molecule has 3 heterocycles. The summed E-state index contributed by atoms with van der Waals surface area (Å²) in [7, 11) is 1.91. The van der Waals surface area contributed by atoms with Gasteiger partial charge in [0.2, 0.25) is 0 Å². The summed E-state index contributed by atoms with van der Waals surface area (Å²) >= 11 is 1.64. The number of halogens is 4. The molecule has 1 aliphatic carbocycles. The molecule has 1 saturated carbocycles. The van der Waals surface area contributed by atoms with Crippen molar-refractivity contribution in [2.24, 2.45) is 12.5 Å². The first-order valence-electron chi connectivity index (χ1n) is 11.1. The van der Waals surface area contributed by atoms with Crippen molar-refractivity contribution in [3.05, 3.63) is 53.7 Å². The van der Waals surface area contributed by atoms with Crippen LogP contribution < -0.4 is 0 Å². The highest BCUT2D eigenvalue weighted by atomic mass is 32.2. The molecule has 1 saturated heterocycles. The number of aromatic nitrogens is 5. The van der Waals surface area contributed by atoms with Gasteiger partial charge in [0.1, 0.15) is 17.8 Å². The van der Waals surface area contributed by atoms with Crippen LogP contribution in [0, 0.1) is 11.2 Å². The number of benzene rings is 1. The lowest BCUT2D eigenvalue weighted by Gasteiger charge is -2.16. The van der Waals surface area contributed by atoms with E-state index in [9.17, 15) is 17.6 Å². The lowest BCUT2D eigenvalue weighted by Crippen LogP contribution is -2.23. The Labute approximate surface area is 198 Å². The molecule has 2 unspecified atom stereocenters. The fraction of sp³-hybridized carbons (Fsp3) is 0.478. The second-order valence-corrected chi connectivity index (χ2v) is 10.1. The number of rotatable bonds is 7. The Hall–Kier alpha value is -2.53. The van der Waals surface area contributed by atoms with Crippen LogP contribution in [-0.2, 0) is 13.2 Å². The van der Waals surface area contributed by atoms with Crippen LogP contribution in [0.3, 0.4) is 0 Å². The smallest absolute Gasteiger partial charge is 0.304 e. The molecule has 0 radical (unpaired) electrons. The highest BCUT2D eigenvalue weighted by molar-refractivity contribution is 7.99. The summed E-state index contributed by atoms with van der Waals surface area (Å²) in [5.41, 5.74) is 0.222. The molecular weight excluding hydrogens is 468 g/mol. The second kappa shape index (κ2) is 8.92. The average Bonchev–Trinajstić information content (AvgIpc) is 3.14. The summed E-state index contributed by atoms with van der Waals surface area (Å²) in [6.45, 7) is 2.73. The van der Waals surface area contributed by atoms with E-state index in [-0.39, 0.29) is 11.3 Å². The van der Waals surface area contributed by atoms with Gasteiger partial charge in [0, 0.05) is 25.5 Å². The predicted molar refractivity (Wildman–Crippen MR) is 120 cm³/mol. The van der Waals surface area contributed by atoms with Crippen molar-refractivity contribution < 1.29 is 17.6 Å². The quantitative estimate of drug-likeness (QED) is 0.269. The molecular formula is C23H24F4N6S. The molecule has 2 aromatic heterocycles. The Bertz CT molecular complexity index is 1170. The molecule has 3 aromatic rings. The minimum Gasteiger partial charge on any atom is -0.304 e. The van der Waals surface area contributed by atoms with Gasteiger partial charge in [-0.05, 0) is 67.4 Å². The standard InChI is InChI=1S/C23H24F4N6S/c1-32-20(19-5-7-28-14-29-19)30-31-21(32)34-10-2-8-33-9-6-22(13-33)12-17(22)16-4-3-15(11-18(16)24)23(25,26)27/h3-5,7,11,14,17H,2,6,8-10,12-13H2,1H3. The Morgan fingerprint density at radius 2 is 2.06 bits per heavy atom. The van der Waals surface area contributed by atoms with Crippen LogP contribution >= 0.6 is 11.8 Å². The van der Waals surface area contributed by atoms with Crippen molar-refractivity contribution in [2.75, 3.05) is 25.4 Å². The third-order valence-electron chi connectivity index (χ3n) is 6.85. The minimum absolute atomic E-state index is 0.00374. The van der Waals surface area contributed by atoms with Gasteiger partial charge in [-0.3, -0.25) is 0 Å². The summed E-state index contributed by atoms with van der Waals surface area (Å²) in [5.74, 6) is 0.849. The molecule has 5 rings (SSSR count). The van der Waals surface area contributed by atoms with Crippen molar-refractivity contribution >= 4 is 11.8 Å². The average molecular weight is 493 g/mol. The summed E-state index contributed by atoms with van der Waals surface area (Å²) < 4.78 is 54.8. The van der Waals surface area contributed by atoms with Gasteiger partial charge in [-0.2, -0.15) is 13.2 Å². The van der Waals surface area contributed by atoms with E-state index in [1.54, 1.807) is 24.0 Å². The van der Waals surface area contributed by atoms with Crippen LogP contribution in [0.25, 0.3) is 11.5 Å². The van der Waals surface area contributed by atoms with Crippen LogP contribution in [0.15, 0.2) is 41.9 Å². The zero-order chi connectivity index (χ0) is 23.9. The van der Waals surface area contributed by atoms with Crippen molar-refractivity contribution in [2.45, 2.75) is 36.5 Å². The molecule has 34 heavy (non-hydrogen) atoms. The highest BCUT2D eigenvalue weighted by Crippen LogP contribution is 2.64.